The maximum absolute atomic E-state index is 12.3. The van der Waals surface area contributed by atoms with Crippen molar-refractivity contribution in [2.75, 3.05) is 26.2 Å². The van der Waals surface area contributed by atoms with Crippen LogP contribution in [0.2, 0.25) is 0 Å². The molecule has 0 bridgehead atoms. The SMILES string of the molecule is CCNS(=O)(=O)C1CCN(C(=O)NCC2CCCn3ccnc32)C1. The zero-order chi connectivity index (χ0) is 17.2. The average molecular weight is 355 g/mol. The summed E-state index contributed by atoms with van der Waals surface area (Å²) in [5.41, 5.74) is 0. The van der Waals surface area contributed by atoms with Crippen LogP contribution in [-0.2, 0) is 16.6 Å². The Labute approximate surface area is 142 Å². The molecule has 0 aliphatic carbocycles. The van der Waals surface area contributed by atoms with Crippen molar-refractivity contribution in [2.45, 2.75) is 43.9 Å². The minimum absolute atomic E-state index is 0.187. The van der Waals surface area contributed by atoms with Crippen LogP contribution in [0.5, 0.6) is 0 Å². The number of hydrogen-bond acceptors (Lipinski definition) is 4. The minimum Gasteiger partial charge on any atom is -0.337 e. The Bertz CT molecular complexity index is 687. The van der Waals surface area contributed by atoms with Crippen LogP contribution in [0.25, 0.3) is 0 Å². The van der Waals surface area contributed by atoms with Crippen LogP contribution >= 0.6 is 0 Å². The lowest BCUT2D eigenvalue weighted by molar-refractivity contribution is 0.207. The van der Waals surface area contributed by atoms with Gasteiger partial charge in [-0.2, -0.15) is 0 Å². The molecule has 1 saturated heterocycles. The second kappa shape index (κ2) is 7.10. The predicted molar refractivity (Wildman–Crippen MR) is 90.2 cm³/mol. The molecule has 0 saturated carbocycles. The highest BCUT2D eigenvalue weighted by Gasteiger charge is 2.35. The average Bonchev–Trinajstić information content (AvgIpc) is 3.21. The number of carbonyl (C=O) groups excluding carboxylic acids is 1. The van der Waals surface area contributed by atoms with Gasteiger partial charge in [0, 0.05) is 51.0 Å². The predicted octanol–water partition coefficient (Wildman–Crippen LogP) is 0.484. The number of hydrogen-bond donors (Lipinski definition) is 2. The third-order valence-corrected chi connectivity index (χ3v) is 6.73. The number of nitrogens with one attached hydrogen (secondary N) is 2. The van der Waals surface area contributed by atoms with E-state index in [2.05, 4.69) is 19.6 Å². The van der Waals surface area contributed by atoms with Crippen molar-refractivity contribution in [3.05, 3.63) is 18.2 Å². The van der Waals surface area contributed by atoms with Gasteiger partial charge < -0.3 is 14.8 Å². The van der Waals surface area contributed by atoms with Gasteiger partial charge in [-0.25, -0.2) is 22.9 Å². The molecule has 1 fully saturated rings. The molecule has 0 radical (unpaired) electrons. The fourth-order valence-corrected chi connectivity index (χ4v) is 4.94. The summed E-state index contributed by atoms with van der Waals surface area (Å²) in [7, 11) is -3.33. The van der Waals surface area contributed by atoms with E-state index in [1.807, 2.05) is 6.20 Å². The van der Waals surface area contributed by atoms with Crippen LogP contribution < -0.4 is 10.0 Å². The van der Waals surface area contributed by atoms with Gasteiger partial charge in [-0.1, -0.05) is 6.92 Å². The number of likely N-dealkylation sites (tertiary alicyclic amines) is 1. The maximum Gasteiger partial charge on any atom is 0.317 e. The largest absolute Gasteiger partial charge is 0.337 e. The van der Waals surface area contributed by atoms with E-state index in [0.717, 1.165) is 25.2 Å². The van der Waals surface area contributed by atoms with Gasteiger partial charge in [0.15, 0.2) is 0 Å². The summed E-state index contributed by atoms with van der Waals surface area (Å²) < 4.78 is 28.7. The molecule has 1 aromatic heterocycles. The molecule has 1 aromatic rings. The van der Waals surface area contributed by atoms with Crippen LogP contribution in [0.15, 0.2) is 12.4 Å². The van der Waals surface area contributed by atoms with Crippen LogP contribution in [0, 0.1) is 0 Å². The number of rotatable bonds is 5. The lowest BCUT2D eigenvalue weighted by atomic mass is 9.99. The van der Waals surface area contributed by atoms with Crippen molar-refractivity contribution in [3.63, 3.8) is 0 Å². The van der Waals surface area contributed by atoms with Crippen LogP contribution in [0.1, 0.15) is 37.9 Å². The third-order valence-electron chi connectivity index (χ3n) is 4.78. The number of nitrogens with zero attached hydrogens (tertiary/aromatic N) is 3. The van der Waals surface area contributed by atoms with Crippen molar-refractivity contribution in [1.82, 2.24) is 24.5 Å². The molecule has 2 amide bonds. The molecule has 2 aliphatic rings. The first kappa shape index (κ1) is 17.2. The Balaban J connectivity index is 1.52. The number of aromatic nitrogens is 2. The van der Waals surface area contributed by atoms with Crippen molar-refractivity contribution in [2.24, 2.45) is 0 Å². The molecule has 2 N–H and O–H groups in total. The van der Waals surface area contributed by atoms with Gasteiger partial charge in [0.1, 0.15) is 5.82 Å². The van der Waals surface area contributed by atoms with E-state index in [1.54, 1.807) is 18.0 Å². The fourth-order valence-electron chi connectivity index (χ4n) is 3.51. The number of fused-ring (bicyclic) bond motifs is 1. The molecule has 0 aromatic carbocycles. The Morgan fingerprint density at radius 3 is 3.00 bits per heavy atom. The standard InChI is InChI=1S/C15H25N5O3S/c1-2-18-24(22,23)13-5-8-20(11-13)15(21)17-10-12-4-3-7-19-9-6-16-14(12)19/h6,9,12-13,18H,2-5,7-8,10-11H2,1H3,(H,17,21). The fraction of sp³-hybridized carbons (Fsp3) is 0.733. The molecule has 24 heavy (non-hydrogen) atoms. The topological polar surface area (TPSA) is 96.3 Å². The van der Waals surface area contributed by atoms with Crippen molar-refractivity contribution in [1.29, 1.82) is 0 Å². The first-order chi connectivity index (χ1) is 11.5. The smallest absolute Gasteiger partial charge is 0.317 e. The first-order valence-electron chi connectivity index (χ1n) is 8.53. The number of urea groups is 1. The van der Waals surface area contributed by atoms with E-state index >= 15 is 0 Å². The van der Waals surface area contributed by atoms with Gasteiger partial charge in [-0.15, -0.1) is 0 Å². The number of aryl methyl sites for hydroxylation is 1. The Kier molecular flexibility index (Phi) is 5.09. The monoisotopic (exact) mass is 355 g/mol. The zero-order valence-corrected chi connectivity index (χ0v) is 14.8. The molecule has 8 nitrogen and oxygen atoms in total. The molecule has 134 valence electrons. The summed E-state index contributed by atoms with van der Waals surface area (Å²) in [5, 5.41) is 2.43. The van der Waals surface area contributed by atoms with Gasteiger partial charge in [0.2, 0.25) is 10.0 Å². The third kappa shape index (κ3) is 3.56. The lowest BCUT2D eigenvalue weighted by Crippen LogP contribution is -2.43. The number of sulfonamides is 1. The normalized spacial score (nSPS) is 24.0. The van der Waals surface area contributed by atoms with Crippen LogP contribution in [-0.4, -0.2) is 60.3 Å². The van der Waals surface area contributed by atoms with E-state index in [-0.39, 0.29) is 18.5 Å². The van der Waals surface area contributed by atoms with Crippen LogP contribution in [0.3, 0.4) is 0 Å². The van der Waals surface area contributed by atoms with Gasteiger partial charge in [0.05, 0.1) is 5.25 Å². The summed E-state index contributed by atoms with van der Waals surface area (Å²) in [6, 6.07) is -0.187. The van der Waals surface area contributed by atoms with E-state index in [0.29, 0.717) is 26.1 Å². The summed E-state index contributed by atoms with van der Waals surface area (Å²) in [6.07, 6.45) is 6.34. The van der Waals surface area contributed by atoms with Gasteiger partial charge in [0.25, 0.3) is 0 Å². The van der Waals surface area contributed by atoms with Gasteiger partial charge in [-0.05, 0) is 19.3 Å². The molecule has 3 rings (SSSR count). The van der Waals surface area contributed by atoms with Crippen LogP contribution in [0.4, 0.5) is 4.79 Å². The highest BCUT2D eigenvalue weighted by molar-refractivity contribution is 7.90. The molecule has 0 spiro atoms. The van der Waals surface area contributed by atoms with E-state index < -0.39 is 15.3 Å². The molecule has 2 aliphatic heterocycles. The highest BCUT2D eigenvalue weighted by Crippen LogP contribution is 2.25. The first-order valence-corrected chi connectivity index (χ1v) is 10.1. The van der Waals surface area contributed by atoms with E-state index in [4.69, 9.17) is 0 Å². The van der Waals surface area contributed by atoms with E-state index in [1.165, 1.54) is 0 Å². The second-order valence-corrected chi connectivity index (χ2v) is 8.45. The Hall–Kier alpha value is -1.61. The zero-order valence-electron chi connectivity index (χ0n) is 13.9. The quantitative estimate of drug-likeness (QED) is 0.803. The highest BCUT2D eigenvalue weighted by atomic mass is 32.2. The number of imidazole rings is 1. The van der Waals surface area contributed by atoms with Gasteiger partial charge >= 0.3 is 6.03 Å². The number of carbonyl (C=O) groups is 1. The maximum atomic E-state index is 12.3. The van der Waals surface area contributed by atoms with Gasteiger partial charge in [-0.3, -0.25) is 0 Å². The molecular formula is C15H25N5O3S. The molecular weight excluding hydrogens is 330 g/mol. The van der Waals surface area contributed by atoms with E-state index in [9.17, 15) is 13.2 Å². The molecule has 2 atom stereocenters. The summed E-state index contributed by atoms with van der Waals surface area (Å²) in [4.78, 5) is 18.3. The molecule has 9 heteroatoms. The molecule has 2 unspecified atom stereocenters. The summed E-state index contributed by atoms with van der Waals surface area (Å²) >= 11 is 0. The number of amides is 2. The Morgan fingerprint density at radius 2 is 2.21 bits per heavy atom. The minimum atomic E-state index is -3.33. The lowest BCUT2D eigenvalue weighted by Gasteiger charge is -2.25. The van der Waals surface area contributed by atoms with Crippen molar-refractivity contribution < 1.29 is 13.2 Å². The Morgan fingerprint density at radius 1 is 1.38 bits per heavy atom. The molecule has 3 heterocycles. The summed E-state index contributed by atoms with van der Waals surface area (Å²) in [6.45, 7) is 4.37. The second-order valence-electron chi connectivity index (χ2n) is 6.40. The van der Waals surface area contributed by atoms with Crippen molar-refractivity contribution >= 4 is 16.1 Å². The van der Waals surface area contributed by atoms with Crippen molar-refractivity contribution in [3.8, 4) is 0 Å². The summed E-state index contributed by atoms with van der Waals surface area (Å²) in [5.74, 6) is 1.25.